The minimum Gasteiger partial charge on any atom is -0.352 e. The Morgan fingerprint density at radius 1 is 0.962 bits per heavy atom. The fourth-order valence-electron chi connectivity index (χ4n) is 2.38. The summed E-state index contributed by atoms with van der Waals surface area (Å²) in [5, 5.41) is 3.25. The monoisotopic (exact) mass is 374 g/mol. The van der Waals surface area contributed by atoms with Crippen LogP contribution >= 0.6 is 0 Å². The number of rotatable bonds is 6. The van der Waals surface area contributed by atoms with Crippen molar-refractivity contribution in [2.24, 2.45) is 4.99 Å². The van der Waals surface area contributed by atoms with Crippen molar-refractivity contribution in [3.8, 4) is 0 Å². The molecule has 0 heterocycles. The first kappa shape index (κ1) is 19.9. The van der Waals surface area contributed by atoms with Crippen LogP contribution in [0.25, 0.3) is 0 Å². The molecule has 0 spiro atoms. The molecule has 26 heavy (non-hydrogen) atoms. The van der Waals surface area contributed by atoms with Crippen LogP contribution < -0.4 is 5.32 Å². The Morgan fingerprint density at radius 3 is 2.19 bits per heavy atom. The maximum atomic E-state index is 12.5. The van der Waals surface area contributed by atoms with Crippen LogP contribution in [0.3, 0.4) is 0 Å². The lowest BCUT2D eigenvalue weighted by Crippen LogP contribution is -2.36. The van der Waals surface area contributed by atoms with Gasteiger partial charge in [0.05, 0.1) is 11.4 Å². The fraction of sp³-hybridized carbons (Fsp3) is 0.316. The molecule has 140 valence electrons. The number of aliphatic imine (C=N–C) groups is 1. The third kappa shape index (κ3) is 5.06. The molecule has 0 fully saturated rings. The van der Waals surface area contributed by atoms with Crippen LogP contribution in [-0.2, 0) is 23.1 Å². The maximum Gasteiger partial charge on any atom is 0.242 e. The standard InChI is InChI=1S/C19H26N4O2S/c1-22(2)19(20-14-16-10-6-5-7-11-16)21-15-17-12-8-9-13-18(17)26(24,25)23(3)4/h5-13H,14-15H2,1-4H3,(H,20,21). The quantitative estimate of drug-likeness (QED) is 0.622. The summed E-state index contributed by atoms with van der Waals surface area (Å²) >= 11 is 0. The first-order valence-electron chi connectivity index (χ1n) is 8.32. The molecule has 0 unspecified atom stereocenters. The van der Waals surface area contributed by atoms with Crippen molar-refractivity contribution in [1.29, 1.82) is 0 Å². The van der Waals surface area contributed by atoms with Crippen molar-refractivity contribution in [2.75, 3.05) is 28.2 Å². The maximum absolute atomic E-state index is 12.5. The van der Waals surface area contributed by atoms with E-state index in [0.717, 1.165) is 5.56 Å². The molecule has 1 N–H and O–H groups in total. The Bertz CT molecular complexity index is 847. The number of guanidine groups is 1. The molecular weight excluding hydrogens is 348 g/mol. The second kappa shape index (κ2) is 8.82. The van der Waals surface area contributed by atoms with Gasteiger partial charge in [-0.1, -0.05) is 48.5 Å². The lowest BCUT2D eigenvalue weighted by molar-refractivity contribution is 0.519. The van der Waals surface area contributed by atoms with E-state index >= 15 is 0 Å². The van der Waals surface area contributed by atoms with E-state index in [9.17, 15) is 8.42 Å². The van der Waals surface area contributed by atoms with Crippen LogP contribution in [-0.4, -0.2) is 51.8 Å². The predicted molar refractivity (Wildman–Crippen MR) is 105 cm³/mol. The Morgan fingerprint density at radius 2 is 1.58 bits per heavy atom. The molecule has 7 heteroatoms. The summed E-state index contributed by atoms with van der Waals surface area (Å²) in [6.07, 6.45) is 0. The summed E-state index contributed by atoms with van der Waals surface area (Å²) in [6.45, 7) is 0.925. The molecule has 0 aliphatic carbocycles. The molecule has 2 aromatic carbocycles. The molecule has 0 aromatic heterocycles. The second-order valence-electron chi connectivity index (χ2n) is 6.27. The van der Waals surface area contributed by atoms with Crippen molar-refractivity contribution in [1.82, 2.24) is 14.5 Å². The minimum atomic E-state index is -3.49. The van der Waals surface area contributed by atoms with E-state index in [1.807, 2.05) is 61.5 Å². The van der Waals surface area contributed by atoms with Gasteiger partial charge in [0, 0.05) is 34.7 Å². The normalized spacial score (nSPS) is 12.3. The highest BCUT2D eigenvalue weighted by Gasteiger charge is 2.20. The molecule has 0 aliphatic heterocycles. The van der Waals surface area contributed by atoms with E-state index < -0.39 is 10.0 Å². The molecule has 0 aliphatic rings. The molecule has 0 radical (unpaired) electrons. The summed E-state index contributed by atoms with van der Waals surface area (Å²) in [6, 6.07) is 17.0. The van der Waals surface area contributed by atoms with Crippen molar-refractivity contribution in [2.45, 2.75) is 18.0 Å². The van der Waals surface area contributed by atoms with E-state index in [4.69, 9.17) is 0 Å². The molecule has 0 bridgehead atoms. The van der Waals surface area contributed by atoms with E-state index in [0.29, 0.717) is 29.5 Å². The smallest absolute Gasteiger partial charge is 0.242 e. The zero-order chi connectivity index (χ0) is 19.2. The number of benzene rings is 2. The number of nitrogens with zero attached hydrogens (tertiary/aromatic N) is 3. The van der Waals surface area contributed by atoms with Crippen LogP contribution in [0.2, 0.25) is 0 Å². The SMILES string of the molecule is CN(C)C(=NCc1ccccc1)NCc1ccccc1S(=O)(=O)N(C)C. The molecule has 2 rings (SSSR count). The number of nitrogens with one attached hydrogen (secondary N) is 1. The van der Waals surface area contributed by atoms with Crippen LogP contribution in [0.15, 0.2) is 64.5 Å². The van der Waals surface area contributed by atoms with Crippen molar-refractivity contribution in [3.63, 3.8) is 0 Å². The summed E-state index contributed by atoms with van der Waals surface area (Å²) < 4.78 is 26.2. The Hall–Kier alpha value is -2.38. The van der Waals surface area contributed by atoms with Gasteiger partial charge in [0.15, 0.2) is 5.96 Å². The van der Waals surface area contributed by atoms with Gasteiger partial charge in [0.1, 0.15) is 0 Å². The molecule has 0 amide bonds. The Labute approximate surface area is 156 Å². The van der Waals surface area contributed by atoms with Crippen molar-refractivity contribution in [3.05, 3.63) is 65.7 Å². The minimum absolute atomic E-state index is 0.304. The lowest BCUT2D eigenvalue weighted by atomic mass is 10.2. The van der Waals surface area contributed by atoms with E-state index in [1.54, 1.807) is 12.1 Å². The van der Waals surface area contributed by atoms with Gasteiger partial charge in [-0.25, -0.2) is 17.7 Å². The lowest BCUT2D eigenvalue weighted by Gasteiger charge is -2.20. The van der Waals surface area contributed by atoms with Crippen LogP contribution in [0.4, 0.5) is 0 Å². The highest BCUT2D eigenvalue weighted by molar-refractivity contribution is 7.89. The molecule has 6 nitrogen and oxygen atoms in total. The van der Waals surface area contributed by atoms with Gasteiger partial charge in [0.2, 0.25) is 10.0 Å². The first-order valence-corrected chi connectivity index (χ1v) is 9.76. The zero-order valence-corrected chi connectivity index (χ0v) is 16.5. The van der Waals surface area contributed by atoms with Gasteiger partial charge >= 0.3 is 0 Å². The molecule has 0 saturated carbocycles. The van der Waals surface area contributed by atoms with Crippen molar-refractivity contribution >= 4 is 16.0 Å². The highest BCUT2D eigenvalue weighted by atomic mass is 32.2. The van der Waals surface area contributed by atoms with E-state index in [2.05, 4.69) is 10.3 Å². The summed E-state index contributed by atoms with van der Waals surface area (Å²) in [5.41, 5.74) is 1.82. The van der Waals surface area contributed by atoms with Gasteiger partial charge < -0.3 is 10.2 Å². The Balaban J connectivity index is 2.18. The van der Waals surface area contributed by atoms with E-state index in [1.165, 1.54) is 18.4 Å². The molecule has 0 atom stereocenters. The fourth-order valence-corrected chi connectivity index (χ4v) is 3.49. The van der Waals surface area contributed by atoms with Crippen LogP contribution in [0.5, 0.6) is 0 Å². The second-order valence-corrected chi connectivity index (χ2v) is 8.39. The van der Waals surface area contributed by atoms with Gasteiger partial charge in [-0.3, -0.25) is 0 Å². The number of sulfonamides is 1. The Kier molecular flexibility index (Phi) is 6.76. The van der Waals surface area contributed by atoms with Crippen LogP contribution in [0, 0.1) is 0 Å². The largest absolute Gasteiger partial charge is 0.352 e. The third-order valence-electron chi connectivity index (χ3n) is 3.85. The third-order valence-corrected chi connectivity index (χ3v) is 5.76. The number of hydrogen-bond donors (Lipinski definition) is 1. The summed E-state index contributed by atoms with van der Waals surface area (Å²) in [5.74, 6) is 0.700. The molecule has 0 saturated heterocycles. The molecule has 2 aromatic rings. The average Bonchev–Trinajstić information content (AvgIpc) is 2.62. The van der Waals surface area contributed by atoms with Gasteiger partial charge in [-0.05, 0) is 17.2 Å². The predicted octanol–water partition coefficient (Wildman–Crippen LogP) is 2.14. The number of hydrogen-bond acceptors (Lipinski definition) is 3. The summed E-state index contributed by atoms with van der Waals surface area (Å²) in [4.78, 5) is 6.79. The zero-order valence-electron chi connectivity index (χ0n) is 15.7. The first-order chi connectivity index (χ1) is 12.3. The van der Waals surface area contributed by atoms with Crippen molar-refractivity contribution < 1.29 is 8.42 Å². The van der Waals surface area contributed by atoms with Gasteiger partial charge in [-0.15, -0.1) is 0 Å². The van der Waals surface area contributed by atoms with Crippen LogP contribution in [0.1, 0.15) is 11.1 Å². The average molecular weight is 375 g/mol. The van der Waals surface area contributed by atoms with Gasteiger partial charge in [-0.2, -0.15) is 0 Å². The molecular formula is C19H26N4O2S. The van der Waals surface area contributed by atoms with Gasteiger partial charge in [0.25, 0.3) is 0 Å². The topological polar surface area (TPSA) is 65.0 Å². The van der Waals surface area contributed by atoms with E-state index in [-0.39, 0.29) is 0 Å². The summed E-state index contributed by atoms with van der Waals surface area (Å²) in [7, 11) is 3.38. The highest BCUT2D eigenvalue weighted by Crippen LogP contribution is 2.18.